The normalized spacial score (nSPS) is 10.9. The Morgan fingerprint density at radius 2 is 2.17 bits per heavy atom. The van der Waals surface area contributed by atoms with Crippen molar-refractivity contribution in [3.05, 3.63) is 35.4 Å². The van der Waals surface area contributed by atoms with Crippen molar-refractivity contribution in [2.24, 2.45) is 5.92 Å². The lowest BCUT2D eigenvalue weighted by Gasteiger charge is -2.02. The number of ether oxygens (including phenoxy) is 1. The molecule has 1 aromatic carbocycles. The average molecular weight is 266 g/mol. The quantitative estimate of drug-likeness (QED) is 0.839. The lowest BCUT2D eigenvalue weighted by Crippen LogP contribution is -1.95. The summed E-state index contributed by atoms with van der Waals surface area (Å²) >= 11 is 1.19. The molecule has 3 nitrogen and oxygen atoms in total. The Morgan fingerprint density at radius 1 is 1.39 bits per heavy atom. The van der Waals surface area contributed by atoms with Gasteiger partial charge in [-0.2, -0.15) is 9.36 Å². The highest BCUT2D eigenvalue weighted by atomic mass is 32.1. The van der Waals surface area contributed by atoms with E-state index >= 15 is 0 Å². The minimum atomic E-state index is -0.278. The molecular weight excluding hydrogens is 251 g/mol. The number of aromatic nitrogens is 2. The van der Waals surface area contributed by atoms with E-state index in [1.165, 1.54) is 17.6 Å². The largest absolute Gasteiger partial charge is 0.430 e. The van der Waals surface area contributed by atoms with Crippen molar-refractivity contribution in [2.75, 3.05) is 0 Å². The zero-order valence-corrected chi connectivity index (χ0v) is 11.4. The summed E-state index contributed by atoms with van der Waals surface area (Å²) in [5, 5.41) is 0.453. The summed E-state index contributed by atoms with van der Waals surface area (Å²) in [6.45, 7) is 5.93. The van der Waals surface area contributed by atoms with Crippen LogP contribution in [-0.4, -0.2) is 9.36 Å². The van der Waals surface area contributed by atoms with Crippen LogP contribution in [0.1, 0.15) is 25.2 Å². The smallest absolute Gasteiger partial charge is 0.298 e. The summed E-state index contributed by atoms with van der Waals surface area (Å²) in [6, 6.07) is 4.77. The van der Waals surface area contributed by atoms with Gasteiger partial charge in [0, 0.05) is 24.0 Å². The fourth-order valence-corrected chi connectivity index (χ4v) is 2.04. The molecule has 96 valence electrons. The van der Waals surface area contributed by atoms with Crippen LogP contribution in [0, 0.1) is 18.7 Å². The monoisotopic (exact) mass is 266 g/mol. The van der Waals surface area contributed by atoms with Crippen molar-refractivity contribution in [3.63, 3.8) is 0 Å². The molecule has 0 saturated heterocycles. The number of aryl methyl sites for hydroxylation is 1. The van der Waals surface area contributed by atoms with Crippen LogP contribution in [0.25, 0.3) is 0 Å². The number of hydrogen-bond acceptors (Lipinski definition) is 4. The van der Waals surface area contributed by atoms with Gasteiger partial charge in [0.25, 0.3) is 5.19 Å². The minimum Gasteiger partial charge on any atom is -0.430 e. The Labute approximate surface area is 110 Å². The number of halogens is 1. The SMILES string of the molecule is Cc1ccc(Oc2nc(CC(C)C)ns2)cc1F. The van der Waals surface area contributed by atoms with Crippen molar-refractivity contribution in [1.29, 1.82) is 0 Å². The predicted octanol–water partition coefficient (Wildman–Crippen LogP) is 3.98. The fourth-order valence-electron chi connectivity index (χ4n) is 1.47. The third-order valence-electron chi connectivity index (χ3n) is 2.39. The summed E-state index contributed by atoms with van der Waals surface area (Å²) in [5.41, 5.74) is 0.597. The van der Waals surface area contributed by atoms with E-state index in [-0.39, 0.29) is 5.82 Å². The summed E-state index contributed by atoms with van der Waals surface area (Å²) in [6.07, 6.45) is 0.822. The van der Waals surface area contributed by atoms with Crippen molar-refractivity contribution in [2.45, 2.75) is 27.2 Å². The second-order valence-corrected chi connectivity index (χ2v) is 5.30. The molecule has 0 spiro atoms. The van der Waals surface area contributed by atoms with Gasteiger partial charge in [0.2, 0.25) is 0 Å². The third-order valence-corrected chi connectivity index (χ3v) is 3.02. The van der Waals surface area contributed by atoms with Crippen LogP contribution in [0.2, 0.25) is 0 Å². The predicted molar refractivity (Wildman–Crippen MR) is 69.7 cm³/mol. The zero-order valence-electron chi connectivity index (χ0n) is 10.6. The van der Waals surface area contributed by atoms with Crippen LogP contribution in [-0.2, 0) is 6.42 Å². The molecule has 2 rings (SSSR count). The maximum atomic E-state index is 13.3. The molecule has 0 radical (unpaired) electrons. The van der Waals surface area contributed by atoms with Gasteiger partial charge in [-0.3, -0.25) is 0 Å². The molecular formula is C13H15FN2OS. The first kappa shape index (κ1) is 13.0. The zero-order chi connectivity index (χ0) is 13.1. The van der Waals surface area contributed by atoms with Crippen molar-refractivity contribution < 1.29 is 9.13 Å². The van der Waals surface area contributed by atoms with Gasteiger partial charge in [0.05, 0.1) is 0 Å². The molecule has 0 fully saturated rings. The fraction of sp³-hybridized carbons (Fsp3) is 0.385. The summed E-state index contributed by atoms with van der Waals surface area (Å²) in [4.78, 5) is 4.26. The number of rotatable bonds is 4. The van der Waals surface area contributed by atoms with Gasteiger partial charge in [-0.05, 0) is 24.5 Å². The highest BCUT2D eigenvalue weighted by molar-refractivity contribution is 7.07. The third kappa shape index (κ3) is 3.26. The van der Waals surface area contributed by atoms with Gasteiger partial charge >= 0.3 is 0 Å². The maximum absolute atomic E-state index is 13.3. The van der Waals surface area contributed by atoms with E-state index in [0.717, 1.165) is 12.2 Å². The van der Waals surface area contributed by atoms with Gasteiger partial charge in [0.1, 0.15) is 17.4 Å². The molecule has 0 bridgehead atoms. The summed E-state index contributed by atoms with van der Waals surface area (Å²) in [7, 11) is 0. The highest BCUT2D eigenvalue weighted by Crippen LogP contribution is 2.25. The lowest BCUT2D eigenvalue weighted by molar-refractivity contribution is 0.469. The summed E-state index contributed by atoms with van der Waals surface area (Å²) in [5.74, 6) is 1.45. The minimum absolute atomic E-state index is 0.278. The van der Waals surface area contributed by atoms with E-state index in [1.807, 2.05) is 0 Å². The van der Waals surface area contributed by atoms with E-state index in [0.29, 0.717) is 22.4 Å². The van der Waals surface area contributed by atoms with Crippen LogP contribution < -0.4 is 4.74 Å². The van der Waals surface area contributed by atoms with Crippen LogP contribution >= 0.6 is 11.5 Å². The molecule has 0 N–H and O–H groups in total. The van der Waals surface area contributed by atoms with Crippen LogP contribution in [0.3, 0.4) is 0 Å². The van der Waals surface area contributed by atoms with E-state index < -0.39 is 0 Å². The van der Waals surface area contributed by atoms with Crippen molar-refractivity contribution in [1.82, 2.24) is 9.36 Å². The van der Waals surface area contributed by atoms with E-state index in [1.54, 1.807) is 19.1 Å². The first-order chi connectivity index (χ1) is 8.54. The molecule has 2 aromatic rings. The van der Waals surface area contributed by atoms with E-state index in [4.69, 9.17) is 4.74 Å². The molecule has 0 amide bonds. The van der Waals surface area contributed by atoms with Gasteiger partial charge in [-0.25, -0.2) is 4.39 Å². The van der Waals surface area contributed by atoms with Gasteiger partial charge in [-0.15, -0.1) is 0 Å². The van der Waals surface area contributed by atoms with Gasteiger partial charge in [0.15, 0.2) is 0 Å². The Morgan fingerprint density at radius 3 is 2.83 bits per heavy atom. The molecule has 0 unspecified atom stereocenters. The van der Waals surface area contributed by atoms with Crippen LogP contribution in [0.5, 0.6) is 10.9 Å². The van der Waals surface area contributed by atoms with E-state index in [2.05, 4.69) is 23.2 Å². The van der Waals surface area contributed by atoms with Gasteiger partial charge in [-0.1, -0.05) is 19.9 Å². The molecule has 0 atom stereocenters. The number of nitrogens with zero attached hydrogens (tertiary/aromatic N) is 2. The molecule has 18 heavy (non-hydrogen) atoms. The molecule has 0 aliphatic carbocycles. The second kappa shape index (κ2) is 5.44. The summed E-state index contributed by atoms with van der Waals surface area (Å²) < 4.78 is 23.0. The lowest BCUT2D eigenvalue weighted by atomic mass is 10.1. The number of hydrogen-bond donors (Lipinski definition) is 0. The van der Waals surface area contributed by atoms with E-state index in [9.17, 15) is 4.39 Å². The van der Waals surface area contributed by atoms with Crippen LogP contribution in [0.4, 0.5) is 4.39 Å². The number of benzene rings is 1. The maximum Gasteiger partial charge on any atom is 0.298 e. The standard InChI is InChI=1S/C13H15FN2OS/c1-8(2)6-12-15-13(18-16-12)17-10-5-4-9(3)11(14)7-10/h4-5,7-8H,6H2,1-3H3. The highest BCUT2D eigenvalue weighted by Gasteiger charge is 2.08. The molecule has 0 saturated carbocycles. The Kier molecular flexibility index (Phi) is 3.91. The Bertz CT molecular complexity index is 540. The first-order valence-electron chi connectivity index (χ1n) is 5.81. The second-order valence-electron chi connectivity index (χ2n) is 4.59. The molecule has 0 aliphatic heterocycles. The topological polar surface area (TPSA) is 35.0 Å². The first-order valence-corrected chi connectivity index (χ1v) is 6.58. The average Bonchev–Trinajstić information content (AvgIpc) is 2.70. The Balaban J connectivity index is 2.08. The molecule has 5 heteroatoms. The van der Waals surface area contributed by atoms with Crippen LogP contribution in [0.15, 0.2) is 18.2 Å². The Hall–Kier alpha value is -1.49. The van der Waals surface area contributed by atoms with Gasteiger partial charge < -0.3 is 4.74 Å². The molecule has 1 aromatic heterocycles. The molecule has 0 aliphatic rings. The van der Waals surface area contributed by atoms with Crippen molar-refractivity contribution >= 4 is 11.5 Å². The molecule has 1 heterocycles. The van der Waals surface area contributed by atoms with Crippen molar-refractivity contribution in [3.8, 4) is 10.9 Å².